The first kappa shape index (κ1) is 18.9. The van der Waals surface area contributed by atoms with Crippen molar-refractivity contribution in [2.75, 3.05) is 33.2 Å². The Morgan fingerprint density at radius 3 is 1.79 bits per heavy atom. The minimum Gasteiger partial charge on any atom is -0.315 e. The molecule has 19 heavy (non-hydrogen) atoms. The van der Waals surface area contributed by atoms with E-state index in [-0.39, 0.29) is 0 Å². The highest BCUT2D eigenvalue weighted by Gasteiger charge is 2.10. The lowest BCUT2D eigenvalue weighted by Crippen LogP contribution is -2.31. The molecule has 0 bridgehead atoms. The zero-order valence-electron chi connectivity index (χ0n) is 14.6. The van der Waals surface area contributed by atoms with Gasteiger partial charge >= 0.3 is 0 Å². The van der Waals surface area contributed by atoms with E-state index in [4.69, 9.17) is 0 Å². The molecule has 0 rings (SSSR count). The Morgan fingerprint density at radius 2 is 1.26 bits per heavy atom. The maximum absolute atomic E-state index is 3.55. The number of likely N-dealkylation sites (N-methyl/N-ethyl adjacent to an activating group) is 1. The summed E-state index contributed by atoms with van der Waals surface area (Å²) in [5.41, 5.74) is 0.956. The van der Waals surface area contributed by atoms with E-state index in [1.807, 2.05) is 0 Å². The van der Waals surface area contributed by atoms with Crippen molar-refractivity contribution < 1.29 is 0 Å². The fourth-order valence-electron chi connectivity index (χ4n) is 2.13. The van der Waals surface area contributed by atoms with Gasteiger partial charge in [0.2, 0.25) is 0 Å². The third kappa shape index (κ3) is 15.9. The van der Waals surface area contributed by atoms with Gasteiger partial charge in [0.25, 0.3) is 0 Å². The van der Waals surface area contributed by atoms with E-state index in [0.29, 0.717) is 10.8 Å². The van der Waals surface area contributed by atoms with Crippen molar-refractivity contribution >= 4 is 0 Å². The van der Waals surface area contributed by atoms with Gasteiger partial charge in [-0.1, -0.05) is 41.5 Å². The second-order valence-corrected chi connectivity index (χ2v) is 8.38. The Hall–Kier alpha value is -0.0800. The summed E-state index contributed by atoms with van der Waals surface area (Å²) in [7, 11) is 2.24. The lowest BCUT2D eigenvalue weighted by Gasteiger charge is -2.22. The molecular weight excluding hydrogens is 232 g/mol. The molecule has 0 aliphatic carbocycles. The van der Waals surface area contributed by atoms with Crippen molar-refractivity contribution in [3.63, 3.8) is 0 Å². The van der Waals surface area contributed by atoms with Crippen molar-refractivity contribution in [3.8, 4) is 0 Å². The summed E-state index contributed by atoms with van der Waals surface area (Å²) < 4.78 is 0. The van der Waals surface area contributed by atoms with Crippen LogP contribution in [0.2, 0.25) is 0 Å². The molecule has 0 radical (unpaired) electrons. The molecule has 2 heteroatoms. The number of nitrogens with one attached hydrogen (secondary N) is 1. The monoisotopic (exact) mass is 270 g/mol. The molecule has 0 atom stereocenters. The quantitative estimate of drug-likeness (QED) is 0.633. The molecule has 116 valence electrons. The Kier molecular flexibility index (Phi) is 8.93. The van der Waals surface area contributed by atoms with Crippen molar-refractivity contribution in [1.29, 1.82) is 0 Å². The number of rotatable bonds is 9. The van der Waals surface area contributed by atoms with E-state index in [9.17, 15) is 0 Å². The lowest BCUT2D eigenvalue weighted by atomic mass is 9.90. The highest BCUT2D eigenvalue weighted by molar-refractivity contribution is 4.64. The van der Waals surface area contributed by atoms with Crippen molar-refractivity contribution in [1.82, 2.24) is 10.2 Å². The van der Waals surface area contributed by atoms with E-state index in [2.05, 4.69) is 58.8 Å². The Balaban J connectivity index is 3.37. The first-order chi connectivity index (χ1) is 8.60. The molecule has 0 aliphatic rings. The van der Waals surface area contributed by atoms with Gasteiger partial charge in [-0.2, -0.15) is 0 Å². The first-order valence-corrected chi connectivity index (χ1v) is 7.99. The molecular formula is C17H38N2. The van der Waals surface area contributed by atoms with Gasteiger partial charge in [0.05, 0.1) is 0 Å². The van der Waals surface area contributed by atoms with Crippen LogP contribution in [0.3, 0.4) is 0 Å². The van der Waals surface area contributed by atoms with Crippen molar-refractivity contribution in [3.05, 3.63) is 0 Å². The molecule has 0 saturated heterocycles. The zero-order chi connectivity index (χ0) is 14.9. The molecule has 0 aromatic carbocycles. The van der Waals surface area contributed by atoms with Gasteiger partial charge in [0, 0.05) is 13.1 Å². The van der Waals surface area contributed by atoms with Crippen LogP contribution in [-0.4, -0.2) is 38.1 Å². The summed E-state index contributed by atoms with van der Waals surface area (Å²) in [6.45, 7) is 18.6. The van der Waals surface area contributed by atoms with Crippen LogP contribution >= 0.6 is 0 Å². The zero-order valence-corrected chi connectivity index (χ0v) is 14.6. The molecule has 0 unspecified atom stereocenters. The minimum absolute atomic E-state index is 0.478. The predicted molar refractivity (Wildman–Crippen MR) is 87.7 cm³/mol. The van der Waals surface area contributed by atoms with Gasteiger partial charge in [-0.05, 0) is 56.7 Å². The molecule has 1 N–H and O–H groups in total. The number of hydrogen-bond acceptors (Lipinski definition) is 2. The highest BCUT2D eigenvalue weighted by atomic mass is 15.1. The third-order valence-corrected chi connectivity index (χ3v) is 3.42. The molecule has 0 spiro atoms. The van der Waals surface area contributed by atoms with Gasteiger partial charge in [-0.25, -0.2) is 0 Å². The van der Waals surface area contributed by atoms with Gasteiger partial charge in [0.15, 0.2) is 0 Å². The van der Waals surface area contributed by atoms with Crippen LogP contribution < -0.4 is 5.32 Å². The van der Waals surface area contributed by atoms with E-state index in [0.717, 1.165) is 13.1 Å². The summed E-state index contributed by atoms with van der Waals surface area (Å²) in [5.74, 6) is 0. The molecule has 0 heterocycles. The smallest absolute Gasteiger partial charge is 0.0104 e. The van der Waals surface area contributed by atoms with Crippen LogP contribution in [0.25, 0.3) is 0 Å². The maximum atomic E-state index is 3.55. The largest absolute Gasteiger partial charge is 0.315 e. The fourth-order valence-corrected chi connectivity index (χ4v) is 2.13. The summed E-state index contributed by atoms with van der Waals surface area (Å²) in [5, 5.41) is 3.55. The molecule has 2 nitrogen and oxygen atoms in total. The summed E-state index contributed by atoms with van der Waals surface area (Å²) >= 11 is 0. The summed E-state index contributed by atoms with van der Waals surface area (Å²) in [6, 6.07) is 0. The predicted octanol–water partition coefficient (Wildman–Crippen LogP) is 4.16. The molecule has 0 aromatic rings. The minimum atomic E-state index is 0.478. The maximum Gasteiger partial charge on any atom is 0.0104 e. The second-order valence-electron chi connectivity index (χ2n) is 8.38. The van der Waals surface area contributed by atoms with E-state index in [1.54, 1.807) is 0 Å². The van der Waals surface area contributed by atoms with Crippen LogP contribution in [0.4, 0.5) is 0 Å². The molecule has 0 fully saturated rings. The standard InChI is InChI=1S/C17H38N2/c1-16(2,3)10-8-12-18-13-15-19(7)14-9-11-17(4,5)6/h18H,8-15H2,1-7H3. The fraction of sp³-hybridized carbons (Fsp3) is 1.00. The molecule has 0 aliphatic heterocycles. The molecule has 0 aromatic heterocycles. The van der Waals surface area contributed by atoms with E-state index in [1.165, 1.54) is 38.8 Å². The van der Waals surface area contributed by atoms with E-state index < -0.39 is 0 Å². The van der Waals surface area contributed by atoms with Crippen LogP contribution in [0, 0.1) is 10.8 Å². The van der Waals surface area contributed by atoms with Crippen molar-refractivity contribution in [2.45, 2.75) is 67.2 Å². The SMILES string of the molecule is CN(CCCC(C)(C)C)CCNCCCC(C)(C)C. The van der Waals surface area contributed by atoms with Crippen LogP contribution in [0.15, 0.2) is 0 Å². The van der Waals surface area contributed by atoms with Gasteiger partial charge in [-0.3, -0.25) is 0 Å². The topological polar surface area (TPSA) is 15.3 Å². The first-order valence-electron chi connectivity index (χ1n) is 7.99. The second kappa shape index (κ2) is 8.97. The summed E-state index contributed by atoms with van der Waals surface area (Å²) in [4.78, 5) is 2.45. The van der Waals surface area contributed by atoms with Crippen LogP contribution in [0.5, 0.6) is 0 Å². The average Bonchev–Trinajstić information content (AvgIpc) is 2.19. The number of nitrogens with zero attached hydrogens (tertiary/aromatic N) is 1. The average molecular weight is 271 g/mol. The van der Waals surface area contributed by atoms with Crippen LogP contribution in [-0.2, 0) is 0 Å². The van der Waals surface area contributed by atoms with Gasteiger partial charge < -0.3 is 10.2 Å². The third-order valence-electron chi connectivity index (χ3n) is 3.42. The summed E-state index contributed by atoms with van der Waals surface area (Å²) in [6.07, 6.45) is 5.22. The lowest BCUT2D eigenvalue weighted by molar-refractivity contribution is 0.285. The van der Waals surface area contributed by atoms with Gasteiger partial charge in [0.1, 0.15) is 0 Å². The Labute approximate surface area is 122 Å². The highest BCUT2D eigenvalue weighted by Crippen LogP contribution is 2.20. The Bertz CT molecular complexity index is 210. The Morgan fingerprint density at radius 1 is 0.737 bits per heavy atom. The van der Waals surface area contributed by atoms with Gasteiger partial charge in [-0.15, -0.1) is 0 Å². The number of hydrogen-bond donors (Lipinski definition) is 1. The van der Waals surface area contributed by atoms with E-state index >= 15 is 0 Å². The normalized spacial score (nSPS) is 13.3. The van der Waals surface area contributed by atoms with Crippen molar-refractivity contribution in [2.24, 2.45) is 10.8 Å². The molecule has 0 saturated carbocycles. The van der Waals surface area contributed by atoms with Crippen LogP contribution in [0.1, 0.15) is 67.2 Å². The molecule has 0 amide bonds.